The van der Waals surface area contributed by atoms with Crippen molar-refractivity contribution in [2.75, 3.05) is 6.54 Å². The second-order valence-electron chi connectivity index (χ2n) is 4.18. The maximum atomic E-state index is 5.70. The SMILES string of the molecule is Cl.Cl.c1c[nH]c(COc2ccc3c(c2)CCNC3)n1. The van der Waals surface area contributed by atoms with Gasteiger partial charge in [-0.3, -0.25) is 0 Å². The van der Waals surface area contributed by atoms with Gasteiger partial charge in [-0.1, -0.05) is 6.07 Å². The Morgan fingerprint density at radius 2 is 2.11 bits per heavy atom. The molecule has 0 radical (unpaired) electrons. The molecule has 0 saturated carbocycles. The molecule has 0 aliphatic carbocycles. The number of hydrogen-bond donors (Lipinski definition) is 2. The highest BCUT2D eigenvalue weighted by Crippen LogP contribution is 2.21. The van der Waals surface area contributed by atoms with Crippen molar-refractivity contribution in [3.05, 3.63) is 47.5 Å². The first-order valence-corrected chi connectivity index (χ1v) is 5.85. The van der Waals surface area contributed by atoms with E-state index >= 15 is 0 Å². The van der Waals surface area contributed by atoms with Crippen LogP contribution in [0.1, 0.15) is 17.0 Å². The maximum Gasteiger partial charge on any atom is 0.146 e. The summed E-state index contributed by atoms with van der Waals surface area (Å²) in [6.07, 6.45) is 4.61. The van der Waals surface area contributed by atoms with Gasteiger partial charge in [0, 0.05) is 18.9 Å². The number of rotatable bonds is 3. The summed E-state index contributed by atoms with van der Waals surface area (Å²) in [4.78, 5) is 7.15. The molecular weight excluding hydrogens is 285 g/mol. The minimum Gasteiger partial charge on any atom is -0.486 e. The van der Waals surface area contributed by atoms with Crippen LogP contribution in [0, 0.1) is 0 Å². The van der Waals surface area contributed by atoms with Crippen molar-refractivity contribution in [2.45, 2.75) is 19.6 Å². The number of nitrogens with one attached hydrogen (secondary N) is 2. The van der Waals surface area contributed by atoms with E-state index in [2.05, 4.69) is 27.4 Å². The maximum absolute atomic E-state index is 5.70. The van der Waals surface area contributed by atoms with Gasteiger partial charge >= 0.3 is 0 Å². The summed E-state index contributed by atoms with van der Waals surface area (Å²) in [5.41, 5.74) is 2.77. The van der Waals surface area contributed by atoms with E-state index in [1.165, 1.54) is 11.1 Å². The Morgan fingerprint density at radius 1 is 1.21 bits per heavy atom. The van der Waals surface area contributed by atoms with Crippen LogP contribution in [0.15, 0.2) is 30.6 Å². The molecule has 1 aromatic heterocycles. The number of benzene rings is 1. The minimum absolute atomic E-state index is 0. The van der Waals surface area contributed by atoms with Gasteiger partial charge in [-0.2, -0.15) is 0 Å². The smallest absolute Gasteiger partial charge is 0.146 e. The zero-order valence-electron chi connectivity index (χ0n) is 10.4. The fraction of sp³-hybridized carbons (Fsp3) is 0.308. The Balaban J connectivity index is 0.000000902. The van der Waals surface area contributed by atoms with Gasteiger partial charge < -0.3 is 15.0 Å². The highest BCUT2D eigenvalue weighted by molar-refractivity contribution is 5.85. The third kappa shape index (κ3) is 3.86. The molecule has 1 aliphatic rings. The van der Waals surface area contributed by atoms with E-state index in [9.17, 15) is 0 Å². The van der Waals surface area contributed by atoms with Crippen LogP contribution >= 0.6 is 24.8 Å². The lowest BCUT2D eigenvalue weighted by molar-refractivity contribution is 0.296. The van der Waals surface area contributed by atoms with Gasteiger partial charge in [0.15, 0.2) is 0 Å². The molecule has 0 saturated heterocycles. The Bertz CT molecular complexity index is 503. The average Bonchev–Trinajstić information content (AvgIpc) is 2.89. The predicted molar refractivity (Wildman–Crippen MR) is 79.3 cm³/mol. The molecule has 2 N–H and O–H groups in total. The van der Waals surface area contributed by atoms with Crippen LogP contribution in [0.4, 0.5) is 0 Å². The van der Waals surface area contributed by atoms with E-state index in [1.54, 1.807) is 12.4 Å². The van der Waals surface area contributed by atoms with E-state index in [-0.39, 0.29) is 24.8 Å². The highest BCUT2D eigenvalue weighted by atomic mass is 35.5. The first-order chi connectivity index (χ1) is 8.42. The fourth-order valence-electron chi connectivity index (χ4n) is 2.07. The molecule has 104 valence electrons. The molecule has 6 heteroatoms. The molecule has 19 heavy (non-hydrogen) atoms. The molecule has 3 rings (SSSR count). The van der Waals surface area contributed by atoms with Crippen LogP contribution in [0.2, 0.25) is 0 Å². The predicted octanol–water partition coefficient (Wildman–Crippen LogP) is 2.48. The normalized spacial score (nSPS) is 12.8. The first-order valence-electron chi connectivity index (χ1n) is 5.85. The van der Waals surface area contributed by atoms with Gasteiger partial charge in [-0.15, -0.1) is 24.8 Å². The van der Waals surface area contributed by atoms with Gasteiger partial charge in [0.25, 0.3) is 0 Å². The molecular formula is C13H17Cl2N3O. The van der Waals surface area contributed by atoms with E-state index in [0.29, 0.717) is 6.61 Å². The van der Waals surface area contributed by atoms with Crippen molar-refractivity contribution < 1.29 is 4.74 Å². The minimum atomic E-state index is 0. The third-order valence-corrected chi connectivity index (χ3v) is 2.99. The van der Waals surface area contributed by atoms with Crippen molar-refractivity contribution in [3.63, 3.8) is 0 Å². The first kappa shape index (κ1) is 15.8. The summed E-state index contributed by atoms with van der Waals surface area (Å²) in [7, 11) is 0. The van der Waals surface area contributed by atoms with E-state index in [1.807, 2.05) is 6.07 Å². The molecule has 0 unspecified atom stereocenters. The summed E-state index contributed by atoms with van der Waals surface area (Å²) in [6.45, 7) is 2.51. The van der Waals surface area contributed by atoms with E-state index in [4.69, 9.17) is 4.74 Å². The summed E-state index contributed by atoms with van der Waals surface area (Å²) >= 11 is 0. The molecule has 4 nitrogen and oxygen atoms in total. The molecule has 0 atom stereocenters. The molecule has 0 fully saturated rings. The van der Waals surface area contributed by atoms with Crippen LogP contribution in [0.5, 0.6) is 5.75 Å². The molecule has 2 aromatic rings. The van der Waals surface area contributed by atoms with Gasteiger partial charge in [0.1, 0.15) is 18.2 Å². The van der Waals surface area contributed by atoms with Crippen molar-refractivity contribution in [1.82, 2.24) is 15.3 Å². The fourth-order valence-corrected chi connectivity index (χ4v) is 2.07. The van der Waals surface area contributed by atoms with Gasteiger partial charge in [-0.25, -0.2) is 4.98 Å². The monoisotopic (exact) mass is 301 g/mol. The molecule has 1 aromatic carbocycles. The number of nitrogens with zero attached hydrogens (tertiary/aromatic N) is 1. The number of H-pyrrole nitrogens is 1. The summed E-state index contributed by atoms with van der Waals surface area (Å²) < 4.78 is 5.70. The number of halogens is 2. The Hall–Kier alpha value is -1.23. The third-order valence-electron chi connectivity index (χ3n) is 2.99. The standard InChI is InChI=1S/C13H15N3O.2ClH/c1-2-12(17-9-13-15-5-6-16-13)7-10-3-4-14-8-11(1)10;;/h1-2,5-7,14H,3-4,8-9H2,(H,15,16);2*1H. The van der Waals surface area contributed by atoms with E-state index < -0.39 is 0 Å². The second kappa shape index (κ2) is 7.38. The van der Waals surface area contributed by atoms with Crippen molar-refractivity contribution in [1.29, 1.82) is 0 Å². The number of aromatic amines is 1. The Labute approximate surface area is 124 Å². The zero-order chi connectivity index (χ0) is 11.5. The Kier molecular flexibility index (Phi) is 6.15. The molecule has 1 aliphatic heterocycles. The Morgan fingerprint density at radius 3 is 2.89 bits per heavy atom. The summed E-state index contributed by atoms with van der Waals surface area (Å²) in [5.74, 6) is 1.77. The van der Waals surface area contributed by atoms with Crippen LogP contribution in [-0.2, 0) is 19.6 Å². The van der Waals surface area contributed by atoms with Crippen LogP contribution in [0.25, 0.3) is 0 Å². The quantitative estimate of drug-likeness (QED) is 0.916. The van der Waals surface area contributed by atoms with E-state index in [0.717, 1.165) is 31.1 Å². The summed E-state index contributed by atoms with van der Waals surface area (Å²) in [6, 6.07) is 6.30. The largest absolute Gasteiger partial charge is 0.486 e. The van der Waals surface area contributed by atoms with Crippen molar-refractivity contribution in [2.24, 2.45) is 0 Å². The number of imidazole rings is 1. The van der Waals surface area contributed by atoms with Gasteiger partial charge in [0.05, 0.1) is 0 Å². The van der Waals surface area contributed by atoms with Gasteiger partial charge in [-0.05, 0) is 36.2 Å². The van der Waals surface area contributed by atoms with Crippen LogP contribution < -0.4 is 10.1 Å². The van der Waals surface area contributed by atoms with Crippen molar-refractivity contribution >= 4 is 24.8 Å². The summed E-state index contributed by atoms with van der Waals surface area (Å²) in [5, 5.41) is 3.36. The molecule has 2 heterocycles. The molecule has 0 spiro atoms. The molecule has 0 bridgehead atoms. The lowest BCUT2D eigenvalue weighted by Gasteiger charge is -2.17. The lowest BCUT2D eigenvalue weighted by atomic mass is 10.0. The van der Waals surface area contributed by atoms with Gasteiger partial charge in [0.2, 0.25) is 0 Å². The number of hydrogen-bond acceptors (Lipinski definition) is 3. The number of fused-ring (bicyclic) bond motifs is 1. The average molecular weight is 302 g/mol. The second-order valence-corrected chi connectivity index (χ2v) is 4.18. The zero-order valence-corrected chi connectivity index (χ0v) is 12.0. The topological polar surface area (TPSA) is 49.9 Å². The highest BCUT2D eigenvalue weighted by Gasteiger charge is 2.09. The number of ether oxygens (including phenoxy) is 1. The number of aromatic nitrogens is 2. The van der Waals surface area contributed by atoms with Crippen molar-refractivity contribution in [3.8, 4) is 5.75 Å². The van der Waals surface area contributed by atoms with Crippen LogP contribution in [0.3, 0.4) is 0 Å². The lowest BCUT2D eigenvalue weighted by Crippen LogP contribution is -2.23. The molecule has 0 amide bonds. The van der Waals surface area contributed by atoms with Crippen LogP contribution in [-0.4, -0.2) is 16.5 Å².